The number of nitrogens with zero attached hydrogens (tertiary/aromatic N) is 3. The number of aromatic nitrogens is 1. The van der Waals surface area contributed by atoms with Gasteiger partial charge in [-0.25, -0.2) is 5.43 Å². The van der Waals surface area contributed by atoms with Crippen molar-refractivity contribution in [1.29, 1.82) is 0 Å². The van der Waals surface area contributed by atoms with Gasteiger partial charge in [0.2, 0.25) is 4.80 Å². The van der Waals surface area contributed by atoms with Crippen LogP contribution in [0.2, 0.25) is 0 Å². The molecule has 0 aliphatic heterocycles. The summed E-state index contributed by atoms with van der Waals surface area (Å²) in [7, 11) is 1.89. The van der Waals surface area contributed by atoms with Crippen molar-refractivity contribution in [3.63, 3.8) is 0 Å². The number of thiazole rings is 1. The zero-order valence-electron chi connectivity index (χ0n) is 13.2. The van der Waals surface area contributed by atoms with E-state index < -0.39 is 4.92 Å². The molecule has 0 aliphatic carbocycles. The summed E-state index contributed by atoms with van der Waals surface area (Å²) in [5.41, 5.74) is 4.22. The molecule has 0 radical (unpaired) electrons. The molecule has 1 amide bonds. The number of fused-ring (bicyclic) bond motifs is 1. The summed E-state index contributed by atoms with van der Waals surface area (Å²) >= 11 is 1.48. The van der Waals surface area contributed by atoms with Gasteiger partial charge < -0.3 is 4.57 Å². The van der Waals surface area contributed by atoms with Crippen LogP contribution in [0.25, 0.3) is 16.3 Å². The molecule has 25 heavy (non-hydrogen) atoms. The summed E-state index contributed by atoms with van der Waals surface area (Å²) in [6.07, 6.45) is 2.90. The number of aryl methyl sites for hydroxylation is 1. The Morgan fingerprint density at radius 1 is 1.24 bits per heavy atom. The molecule has 1 heterocycles. The molecule has 2 aromatic carbocycles. The van der Waals surface area contributed by atoms with E-state index >= 15 is 0 Å². The lowest BCUT2D eigenvalue weighted by atomic mass is 10.2. The van der Waals surface area contributed by atoms with Gasteiger partial charge in [-0.2, -0.15) is 0 Å². The Kier molecular flexibility index (Phi) is 4.71. The molecule has 3 aromatic rings. The van der Waals surface area contributed by atoms with Crippen LogP contribution in [-0.4, -0.2) is 15.4 Å². The number of rotatable bonds is 4. The average molecular weight is 354 g/mol. The van der Waals surface area contributed by atoms with E-state index in [-0.39, 0.29) is 11.6 Å². The monoisotopic (exact) mass is 354 g/mol. The summed E-state index contributed by atoms with van der Waals surface area (Å²) in [5, 5.41) is 14.7. The maximum Gasteiger partial charge on any atom is 0.269 e. The molecule has 0 spiro atoms. The van der Waals surface area contributed by atoms with Gasteiger partial charge in [-0.3, -0.25) is 14.9 Å². The maximum atomic E-state index is 11.9. The topological polar surface area (TPSA) is 89.5 Å². The molecule has 126 valence electrons. The standard InChI is InChI=1S/C17H14N4O3S/c1-20-14-4-2-3-5-15(14)25-17(20)19-18-16(22)11-8-12-6-9-13(10-7-12)21(23)24/h2-11H,1H3,(H,18,22). The fourth-order valence-corrected chi connectivity index (χ4v) is 3.19. The minimum atomic E-state index is -0.468. The Morgan fingerprint density at radius 3 is 2.64 bits per heavy atom. The quantitative estimate of drug-likeness (QED) is 0.444. The lowest BCUT2D eigenvalue weighted by Gasteiger charge is -1.96. The molecule has 0 aliphatic rings. The van der Waals surface area contributed by atoms with Gasteiger partial charge in [0.15, 0.2) is 0 Å². The van der Waals surface area contributed by atoms with Crippen LogP contribution in [0.5, 0.6) is 0 Å². The summed E-state index contributed by atoms with van der Waals surface area (Å²) in [4.78, 5) is 22.7. The van der Waals surface area contributed by atoms with Crippen molar-refractivity contribution in [2.24, 2.45) is 12.1 Å². The van der Waals surface area contributed by atoms with E-state index in [0.717, 1.165) is 10.2 Å². The third-order valence-electron chi connectivity index (χ3n) is 3.51. The number of para-hydroxylation sites is 1. The normalized spacial score (nSPS) is 12.0. The molecular weight excluding hydrogens is 340 g/mol. The van der Waals surface area contributed by atoms with Gasteiger partial charge in [0.1, 0.15) is 0 Å². The van der Waals surface area contributed by atoms with Gasteiger partial charge in [-0.1, -0.05) is 23.5 Å². The molecule has 3 rings (SSSR count). The molecule has 0 atom stereocenters. The number of amides is 1. The minimum absolute atomic E-state index is 0.00821. The van der Waals surface area contributed by atoms with Gasteiger partial charge in [0.25, 0.3) is 11.6 Å². The third-order valence-corrected chi connectivity index (χ3v) is 4.62. The molecule has 7 nitrogen and oxygen atoms in total. The average Bonchev–Trinajstić information content (AvgIpc) is 2.95. The third kappa shape index (κ3) is 3.81. The smallest absolute Gasteiger partial charge is 0.269 e. The Balaban J connectivity index is 1.71. The Bertz CT molecular complexity index is 1030. The summed E-state index contributed by atoms with van der Waals surface area (Å²) < 4.78 is 2.99. The molecular formula is C17H14N4O3S. The predicted octanol–water partition coefficient (Wildman–Crippen LogP) is 2.79. The highest BCUT2D eigenvalue weighted by molar-refractivity contribution is 7.16. The minimum Gasteiger partial charge on any atom is -0.318 e. The second-order valence-corrected chi connectivity index (χ2v) is 6.19. The van der Waals surface area contributed by atoms with Crippen LogP contribution < -0.4 is 10.2 Å². The van der Waals surface area contributed by atoms with Crippen LogP contribution in [0, 0.1) is 10.1 Å². The van der Waals surface area contributed by atoms with Crippen LogP contribution in [-0.2, 0) is 11.8 Å². The van der Waals surface area contributed by atoms with Gasteiger partial charge in [-0.15, -0.1) is 5.10 Å². The molecule has 0 saturated carbocycles. The lowest BCUT2D eigenvalue weighted by molar-refractivity contribution is -0.384. The van der Waals surface area contributed by atoms with E-state index in [1.807, 2.05) is 35.9 Å². The van der Waals surface area contributed by atoms with Crippen LogP contribution >= 0.6 is 11.3 Å². The van der Waals surface area contributed by atoms with Crippen molar-refractivity contribution < 1.29 is 9.72 Å². The first-order chi connectivity index (χ1) is 12.0. The van der Waals surface area contributed by atoms with Crippen molar-refractivity contribution in [2.45, 2.75) is 0 Å². The second-order valence-electron chi connectivity index (χ2n) is 5.18. The van der Waals surface area contributed by atoms with Gasteiger partial charge in [0, 0.05) is 25.3 Å². The number of nitrogens with one attached hydrogen (secondary N) is 1. The number of carbonyl (C=O) groups excluding carboxylic acids is 1. The van der Waals surface area contributed by atoms with Crippen LogP contribution in [0.4, 0.5) is 5.69 Å². The zero-order chi connectivity index (χ0) is 17.8. The highest BCUT2D eigenvalue weighted by atomic mass is 32.1. The number of hydrogen-bond donors (Lipinski definition) is 1. The molecule has 0 saturated heterocycles. The first kappa shape index (κ1) is 16.6. The van der Waals surface area contributed by atoms with E-state index in [9.17, 15) is 14.9 Å². The molecule has 1 N–H and O–H groups in total. The Morgan fingerprint density at radius 2 is 1.96 bits per heavy atom. The fourth-order valence-electron chi connectivity index (χ4n) is 2.21. The van der Waals surface area contributed by atoms with E-state index in [1.54, 1.807) is 18.2 Å². The van der Waals surface area contributed by atoms with Crippen LogP contribution in [0.3, 0.4) is 0 Å². The summed E-state index contributed by atoms with van der Waals surface area (Å²) in [6.45, 7) is 0. The number of benzene rings is 2. The van der Waals surface area contributed by atoms with E-state index in [4.69, 9.17) is 0 Å². The van der Waals surface area contributed by atoms with Crippen LogP contribution in [0.15, 0.2) is 59.7 Å². The van der Waals surface area contributed by atoms with E-state index in [1.165, 1.54) is 29.5 Å². The first-order valence-electron chi connectivity index (χ1n) is 7.35. The molecule has 0 bridgehead atoms. The van der Waals surface area contributed by atoms with E-state index in [2.05, 4.69) is 10.5 Å². The fraction of sp³-hybridized carbons (Fsp3) is 0.0588. The SMILES string of the molecule is Cn1c(=NNC(=O)C=Cc2ccc([N+](=O)[O-])cc2)sc2ccccc21. The number of carbonyl (C=O) groups is 1. The van der Waals surface area contributed by atoms with Crippen molar-refractivity contribution in [3.05, 3.63) is 75.1 Å². The van der Waals surface area contributed by atoms with Gasteiger partial charge in [0.05, 0.1) is 15.1 Å². The zero-order valence-corrected chi connectivity index (χ0v) is 14.1. The Hall–Kier alpha value is -3.26. The lowest BCUT2D eigenvalue weighted by Crippen LogP contribution is -2.21. The molecule has 0 fully saturated rings. The van der Waals surface area contributed by atoms with E-state index in [0.29, 0.717) is 10.4 Å². The number of non-ortho nitro benzene ring substituents is 1. The van der Waals surface area contributed by atoms with Crippen molar-refractivity contribution in [1.82, 2.24) is 9.99 Å². The molecule has 0 unspecified atom stereocenters. The van der Waals surface area contributed by atoms with Crippen molar-refractivity contribution in [3.8, 4) is 0 Å². The number of nitro benzene ring substituents is 1. The molecule has 8 heteroatoms. The highest BCUT2D eigenvalue weighted by Gasteiger charge is 2.03. The largest absolute Gasteiger partial charge is 0.318 e. The first-order valence-corrected chi connectivity index (χ1v) is 8.17. The van der Waals surface area contributed by atoms with Gasteiger partial charge >= 0.3 is 0 Å². The second kappa shape index (κ2) is 7.10. The van der Waals surface area contributed by atoms with Crippen molar-refractivity contribution in [2.75, 3.05) is 0 Å². The van der Waals surface area contributed by atoms with Crippen LogP contribution in [0.1, 0.15) is 5.56 Å². The number of nitro groups is 1. The number of hydrogen-bond acceptors (Lipinski definition) is 5. The predicted molar refractivity (Wildman–Crippen MR) is 96.6 cm³/mol. The Labute approximate surface area is 146 Å². The maximum absolute atomic E-state index is 11.9. The van der Waals surface area contributed by atoms with Crippen molar-refractivity contribution >= 4 is 39.2 Å². The van der Waals surface area contributed by atoms with Gasteiger partial charge in [-0.05, 0) is 35.9 Å². The highest BCUT2D eigenvalue weighted by Crippen LogP contribution is 2.15. The molecule has 1 aromatic heterocycles. The summed E-state index contributed by atoms with van der Waals surface area (Å²) in [5.74, 6) is -0.379. The summed E-state index contributed by atoms with van der Waals surface area (Å²) in [6, 6.07) is 13.8.